The zero-order chi connectivity index (χ0) is 21.1. The molecule has 1 N–H and O–H groups in total. The van der Waals surface area contributed by atoms with Gasteiger partial charge in [-0.1, -0.05) is 71.7 Å². The van der Waals surface area contributed by atoms with E-state index in [0.717, 1.165) is 5.56 Å². The standard InChI is InChI=1S/C20H16Cl2N6O2/c1-2-15-24-19(26-28(15)17-13(21)9-6-10-14(17)22)20(29)23-11-16-25-18(27-30-16)12-7-4-3-5-8-12/h3-10H,2,11H2,1H3,(H,23,29). The van der Waals surface area contributed by atoms with E-state index >= 15 is 0 Å². The SMILES string of the molecule is CCc1nc(C(=O)NCc2nc(-c3ccccc3)no2)nn1-c1c(Cl)cccc1Cl. The minimum Gasteiger partial charge on any atom is -0.340 e. The fourth-order valence-electron chi connectivity index (χ4n) is 2.81. The minimum atomic E-state index is -0.480. The number of nitrogens with zero attached hydrogens (tertiary/aromatic N) is 5. The first-order chi connectivity index (χ1) is 14.6. The summed E-state index contributed by atoms with van der Waals surface area (Å²) < 4.78 is 6.69. The monoisotopic (exact) mass is 442 g/mol. The summed E-state index contributed by atoms with van der Waals surface area (Å²) in [5.41, 5.74) is 1.30. The first-order valence-electron chi connectivity index (χ1n) is 9.13. The number of nitrogens with one attached hydrogen (secondary N) is 1. The van der Waals surface area contributed by atoms with Crippen molar-refractivity contribution in [2.24, 2.45) is 0 Å². The maximum atomic E-state index is 12.6. The first-order valence-corrected chi connectivity index (χ1v) is 9.89. The molecule has 2 aromatic carbocycles. The number of aryl methyl sites for hydroxylation is 1. The van der Waals surface area contributed by atoms with E-state index in [1.807, 2.05) is 37.3 Å². The van der Waals surface area contributed by atoms with Crippen molar-refractivity contribution >= 4 is 29.1 Å². The van der Waals surface area contributed by atoms with Crippen molar-refractivity contribution in [3.63, 3.8) is 0 Å². The zero-order valence-electron chi connectivity index (χ0n) is 15.8. The van der Waals surface area contributed by atoms with Gasteiger partial charge in [-0.2, -0.15) is 4.98 Å². The number of hydrogen-bond donors (Lipinski definition) is 1. The Morgan fingerprint density at radius 2 is 1.80 bits per heavy atom. The third-order valence-corrected chi connectivity index (χ3v) is 4.85. The molecule has 8 nitrogen and oxygen atoms in total. The van der Waals surface area contributed by atoms with Crippen molar-refractivity contribution in [2.75, 3.05) is 0 Å². The summed E-state index contributed by atoms with van der Waals surface area (Å²) in [5, 5.41) is 11.7. The molecule has 0 unspecified atom stereocenters. The summed E-state index contributed by atoms with van der Waals surface area (Å²) >= 11 is 12.5. The Morgan fingerprint density at radius 3 is 2.50 bits per heavy atom. The van der Waals surface area contributed by atoms with Gasteiger partial charge in [-0.25, -0.2) is 9.67 Å². The lowest BCUT2D eigenvalue weighted by Gasteiger charge is -2.08. The minimum absolute atomic E-state index is 0.00867. The van der Waals surface area contributed by atoms with Crippen LogP contribution in [0.3, 0.4) is 0 Å². The Balaban J connectivity index is 1.51. The van der Waals surface area contributed by atoms with E-state index in [1.165, 1.54) is 4.68 Å². The molecule has 0 bridgehead atoms. The van der Waals surface area contributed by atoms with Crippen molar-refractivity contribution in [2.45, 2.75) is 19.9 Å². The number of amides is 1. The van der Waals surface area contributed by atoms with Crippen LogP contribution in [0.2, 0.25) is 10.0 Å². The van der Waals surface area contributed by atoms with Crippen LogP contribution in [0, 0.1) is 0 Å². The van der Waals surface area contributed by atoms with Gasteiger partial charge in [0.15, 0.2) is 0 Å². The molecule has 1 amide bonds. The first kappa shape index (κ1) is 20.1. The lowest BCUT2D eigenvalue weighted by atomic mass is 10.2. The van der Waals surface area contributed by atoms with Gasteiger partial charge < -0.3 is 9.84 Å². The van der Waals surface area contributed by atoms with E-state index in [2.05, 4.69) is 25.5 Å². The molecule has 0 radical (unpaired) electrons. The lowest BCUT2D eigenvalue weighted by Crippen LogP contribution is -2.24. The van der Waals surface area contributed by atoms with Gasteiger partial charge in [0.25, 0.3) is 5.91 Å². The van der Waals surface area contributed by atoms with Gasteiger partial charge in [-0.3, -0.25) is 4.79 Å². The molecule has 10 heteroatoms. The number of aromatic nitrogens is 5. The number of carbonyl (C=O) groups is 1. The van der Waals surface area contributed by atoms with Crippen molar-refractivity contribution in [1.82, 2.24) is 30.2 Å². The van der Waals surface area contributed by atoms with Gasteiger partial charge in [-0.05, 0) is 12.1 Å². The van der Waals surface area contributed by atoms with Crippen LogP contribution < -0.4 is 5.32 Å². The summed E-state index contributed by atoms with van der Waals surface area (Å²) in [4.78, 5) is 21.2. The molecule has 2 aromatic heterocycles. The van der Waals surface area contributed by atoms with Crippen molar-refractivity contribution in [3.05, 3.63) is 76.1 Å². The highest BCUT2D eigenvalue weighted by Crippen LogP contribution is 2.28. The maximum absolute atomic E-state index is 12.6. The fraction of sp³-hybridized carbons (Fsp3) is 0.150. The quantitative estimate of drug-likeness (QED) is 0.482. The summed E-state index contributed by atoms with van der Waals surface area (Å²) in [6.07, 6.45) is 0.534. The van der Waals surface area contributed by atoms with Gasteiger partial charge in [0.2, 0.25) is 17.5 Å². The Hall–Kier alpha value is -3.23. The highest BCUT2D eigenvalue weighted by atomic mass is 35.5. The number of rotatable bonds is 6. The van der Waals surface area contributed by atoms with Crippen molar-refractivity contribution in [3.8, 4) is 17.1 Å². The molecule has 4 aromatic rings. The summed E-state index contributed by atoms with van der Waals surface area (Å²) in [7, 11) is 0. The van der Waals surface area contributed by atoms with Gasteiger partial charge in [0.05, 0.1) is 16.6 Å². The van der Waals surface area contributed by atoms with Gasteiger partial charge in [0.1, 0.15) is 11.5 Å². The van der Waals surface area contributed by atoms with Crippen molar-refractivity contribution in [1.29, 1.82) is 0 Å². The molecule has 0 aliphatic heterocycles. The van der Waals surface area contributed by atoms with Crippen LogP contribution in [-0.2, 0) is 13.0 Å². The van der Waals surface area contributed by atoms with E-state index in [-0.39, 0.29) is 18.3 Å². The van der Waals surface area contributed by atoms with Crippen LogP contribution in [0.15, 0.2) is 53.1 Å². The van der Waals surface area contributed by atoms with E-state index in [1.54, 1.807) is 18.2 Å². The summed E-state index contributed by atoms with van der Waals surface area (Å²) in [5.74, 6) is 0.784. The third kappa shape index (κ3) is 4.05. The van der Waals surface area contributed by atoms with Crippen LogP contribution in [0.4, 0.5) is 0 Å². The molecule has 0 fully saturated rings. The average Bonchev–Trinajstić information content (AvgIpc) is 3.40. The number of hydrogen-bond acceptors (Lipinski definition) is 6. The molecule has 30 heavy (non-hydrogen) atoms. The molecule has 2 heterocycles. The largest absolute Gasteiger partial charge is 0.340 e. The molecule has 0 saturated heterocycles. The number of benzene rings is 2. The molecule has 0 spiro atoms. The topological polar surface area (TPSA) is 98.7 Å². The van der Waals surface area contributed by atoms with E-state index < -0.39 is 5.91 Å². The van der Waals surface area contributed by atoms with Gasteiger partial charge in [0, 0.05) is 12.0 Å². The smallest absolute Gasteiger partial charge is 0.291 e. The molecule has 0 aliphatic rings. The molecule has 0 atom stereocenters. The lowest BCUT2D eigenvalue weighted by molar-refractivity contribution is 0.0936. The summed E-state index contributed by atoms with van der Waals surface area (Å²) in [6.45, 7) is 1.94. The second kappa shape index (κ2) is 8.64. The highest BCUT2D eigenvalue weighted by molar-refractivity contribution is 6.37. The van der Waals surface area contributed by atoms with Crippen LogP contribution in [-0.4, -0.2) is 30.8 Å². The summed E-state index contributed by atoms with van der Waals surface area (Å²) in [6, 6.07) is 14.5. The normalized spacial score (nSPS) is 10.9. The Morgan fingerprint density at radius 1 is 1.07 bits per heavy atom. The second-order valence-electron chi connectivity index (χ2n) is 6.25. The Labute approximate surface area is 181 Å². The van der Waals surface area contributed by atoms with Crippen LogP contribution in [0.25, 0.3) is 17.1 Å². The van der Waals surface area contributed by atoms with Gasteiger partial charge >= 0.3 is 0 Å². The number of halogens is 2. The van der Waals surface area contributed by atoms with Crippen LogP contribution >= 0.6 is 23.2 Å². The Bertz CT molecular complexity index is 1170. The number of para-hydroxylation sites is 1. The van der Waals surface area contributed by atoms with E-state index in [4.69, 9.17) is 27.7 Å². The van der Waals surface area contributed by atoms with Crippen LogP contribution in [0.1, 0.15) is 29.3 Å². The fourth-order valence-corrected chi connectivity index (χ4v) is 3.36. The van der Waals surface area contributed by atoms with E-state index in [9.17, 15) is 4.79 Å². The van der Waals surface area contributed by atoms with Crippen molar-refractivity contribution < 1.29 is 9.32 Å². The maximum Gasteiger partial charge on any atom is 0.291 e. The average molecular weight is 443 g/mol. The zero-order valence-corrected chi connectivity index (χ0v) is 17.4. The molecule has 152 valence electrons. The molecule has 4 rings (SSSR count). The molecule has 0 saturated carbocycles. The predicted molar refractivity (Wildman–Crippen MR) is 112 cm³/mol. The second-order valence-corrected chi connectivity index (χ2v) is 7.06. The molecule has 0 aliphatic carbocycles. The van der Waals surface area contributed by atoms with E-state index in [0.29, 0.717) is 33.8 Å². The molecular weight excluding hydrogens is 427 g/mol. The molecular formula is C20H16Cl2N6O2. The van der Waals surface area contributed by atoms with Crippen LogP contribution in [0.5, 0.6) is 0 Å². The van der Waals surface area contributed by atoms with Gasteiger partial charge in [-0.15, -0.1) is 5.10 Å². The highest BCUT2D eigenvalue weighted by Gasteiger charge is 2.20. The predicted octanol–water partition coefficient (Wildman–Crippen LogP) is 4.12. The third-order valence-electron chi connectivity index (χ3n) is 4.24. The Kier molecular flexibility index (Phi) is 5.78. The number of carbonyl (C=O) groups excluding carboxylic acids is 1.